The van der Waals surface area contributed by atoms with Crippen LogP contribution in [0.3, 0.4) is 0 Å². The quantitative estimate of drug-likeness (QED) is 0.492. The predicted molar refractivity (Wildman–Crippen MR) is 113 cm³/mol. The van der Waals surface area contributed by atoms with Crippen LogP contribution in [0, 0.1) is 0 Å². The molecule has 142 valence electrons. The van der Waals surface area contributed by atoms with Crippen molar-refractivity contribution in [2.75, 3.05) is 10.6 Å². The largest absolute Gasteiger partial charge is 0.322 e. The zero-order valence-electron chi connectivity index (χ0n) is 14.0. The summed E-state index contributed by atoms with van der Waals surface area (Å²) in [6.07, 6.45) is 1.30. The van der Waals surface area contributed by atoms with Gasteiger partial charge in [0.05, 0.1) is 25.7 Å². The molecule has 28 heavy (non-hydrogen) atoms. The first-order chi connectivity index (χ1) is 13.3. The van der Waals surface area contributed by atoms with E-state index in [0.717, 1.165) is 0 Å². The van der Waals surface area contributed by atoms with E-state index >= 15 is 0 Å². The fourth-order valence-electron chi connectivity index (χ4n) is 2.21. The Kier molecular flexibility index (Phi) is 6.42. The summed E-state index contributed by atoms with van der Waals surface area (Å²) in [5, 5.41) is 6.75. The van der Waals surface area contributed by atoms with Crippen LogP contribution in [0.15, 0.2) is 54.7 Å². The van der Waals surface area contributed by atoms with Crippen LogP contribution in [0.4, 0.5) is 11.4 Å². The molecule has 0 atom stereocenters. The minimum atomic E-state index is -0.449. The molecule has 0 saturated heterocycles. The highest BCUT2D eigenvalue weighted by Gasteiger charge is 2.12. The molecular formula is C19H11Cl4N3O2. The molecule has 0 aliphatic carbocycles. The van der Waals surface area contributed by atoms with E-state index in [1.807, 2.05) is 0 Å². The fraction of sp³-hybridized carbons (Fsp3) is 0. The number of rotatable bonds is 4. The highest BCUT2D eigenvalue weighted by atomic mass is 35.5. The van der Waals surface area contributed by atoms with Crippen LogP contribution in [-0.2, 0) is 0 Å². The molecule has 0 saturated carbocycles. The third-order valence-corrected chi connectivity index (χ3v) is 5.09. The van der Waals surface area contributed by atoms with Gasteiger partial charge >= 0.3 is 0 Å². The third kappa shape index (κ3) is 4.94. The van der Waals surface area contributed by atoms with Gasteiger partial charge in [-0.1, -0.05) is 46.4 Å². The van der Waals surface area contributed by atoms with E-state index in [1.165, 1.54) is 30.5 Å². The maximum Gasteiger partial charge on any atom is 0.274 e. The second-order valence-corrected chi connectivity index (χ2v) is 7.23. The lowest BCUT2D eigenvalue weighted by Gasteiger charge is -2.08. The molecule has 3 rings (SSSR count). The van der Waals surface area contributed by atoms with E-state index in [9.17, 15) is 9.59 Å². The molecule has 0 aliphatic rings. The molecule has 5 nitrogen and oxygen atoms in total. The molecule has 0 fully saturated rings. The Morgan fingerprint density at radius 2 is 1.21 bits per heavy atom. The van der Waals surface area contributed by atoms with Crippen LogP contribution < -0.4 is 10.6 Å². The highest BCUT2D eigenvalue weighted by molar-refractivity contribution is 6.42. The Hall–Kier alpha value is -2.31. The first-order valence-corrected chi connectivity index (χ1v) is 9.33. The standard InChI is InChI=1S/C19H11Cl4N3O2/c20-13-4-2-11(7-15(13)22)25-18(27)10-1-6-17(24-9-10)19(28)26-12-3-5-14(21)16(23)8-12/h1-9H,(H,25,27)(H,26,28). The molecule has 2 N–H and O–H groups in total. The summed E-state index contributed by atoms with van der Waals surface area (Å²) in [6, 6.07) is 12.4. The zero-order valence-corrected chi connectivity index (χ0v) is 17.0. The predicted octanol–water partition coefficient (Wildman–Crippen LogP) is 6.20. The molecule has 9 heteroatoms. The Balaban J connectivity index is 1.67. The van der Waals surface area contributed by atoms with Crippen molar-refractivity contribution in [3.8, 4) is 0 Å². The lowest BCUT2D eigenvalue weighted by Crippen LogP contribution is -2.16. The summed E-state index contributed by atoms with van der Waals surface area (Å²) in [4.78, 5) is 28.6. The van der Waals surface area contributed by atoms with Crippen LogP contribution in [0.1, 0.15) is 20.8 Å². The van der Waals surface area contributed by atoms with Crippen molar-refractivity contribution in [3.05, 3.63) is 86.1 Å². The molecule has 0 spiro atoms. The molecule has 3 aromatic rings. The van der Waals surface area contributed by atoms with Crippen LogP contribution in [0.2, 0.25) is 20.1 Å². The van der Waals surface area contributed by atoms with Gasteiger partial charge < -0.3 is 10.6 Å². The maximum atomic E-state index is 12.3. The molecule has 2 aromatic carbocycles. The molecular weight excluding hydrogens is 444 g/mol. The van der Waals surface area contributed by atoms with Gasteiger partial charge in [0.15, 0.2) is 0 Å². The number of hydrogen-bond acceptors (Lipinski definition) is 3. The first-order valence-electron chi connectivity index (χ1n) is 7.82. The number of carbonyl (C=O) groups excluding carboxylic acids is 2. The van der Waals surface area contributed by atoms with Crippen molar-refractivity contribution in [3.63, 3.8) is 0 Å². The number of pyridine rings is 1. The number of nitrogens with zero attached hydrogens (tertiary/aromatic N) is 1. The second-order valence-electron chi connectivity index (χ2n) is 5.60. The number of hydrogen-bond donors (Lipinski definition) is 2. The van der Waals surface area contributed by atoms with Gasteiger partial charge in [-0.25, -0.2) is 0 Å². The number of carbonyl (C=O) groups is 2. The lowest BCUT2D eigenvalue weighted by atomic mass is 10.2. The molecule has 0 unspecified atom stereocenters. The normalized spacial score (nSPS) is 10.4. The van der Waals surface area contributed by atoms with Gasteiger partial charge in [0.25, 0.3) is 11.8 Å². The van der Waals surface area contributed by atoms with Crippen molar-refractivity contribution in [1.82, 2.24) is 4.98 Å². The summed E-state index contributed by atoms with van der Waals surface area (Å²) in [6.45, 7) is 0. The van der Waals surface area contributed by atoms with Crippen LogP contribution in [0.5, 0.6) is 0 Å². The minimum absolute atomic E-state index is 0.136. The Bertz CT molecular complexity index is 971. The van der Waals surface area contributed by atoms with E-state index in [1.54, 1.807) is 24.3 Å². The summed E-state index contributed by atoms with van der Waals surface area (Å²) < 4.78 is 0. The summed E-state index contributed by atoms with van der Waals surface area (Å²) in [7, 11) is 0. The van der Waals surface area contributed by atoms with E-state index < -0.39 is 11.8 Å². The van der Waals surface area contributed by atoms with Gasteiger partial charge in [-0.2, -0.15) is 0 Å². The second kappa shape index (κ2) is 8.80. The summed E-state index contributed by atoms with van der Waals surface area (Å²) in [5.74, 6) is -0.850. The minimum Gasteiger partial charge on any atom is -0.322 e. The van der Waals surface area contributed by atoms with Crippen molar-refractivity contribution in [2.45, 2.75) is 0 Å². The average Bonchev–Trinajstić information content (AvgIpc) is 2.67. The number of aromatic nitrogens is 1. The lowest BCUT2D eigenvalue weighted by molar-refractivity contribution is 0.101. The van der Waals surface area contributed by atoms with Gasteiger partial charge in [-0.05, 0) is 48.5 Å². The van der Waals surface area contributed by atoms with Gasteiger partial charge in [0.1, 0.15) is 5.69 Å². The van der Waals surface area contributed by atoms with Crippen LogP contribution >= 0.6 is 46.4 Å². The number of amides is 2. The summed E-state index contributed by atoms with van der Waals surface area (Å²) >= 11 is 23.5. The Morgan fingerprint density at radius 1 is 0.679 bits per heavy atom. The Morgan fingerprint density at radius 3 is 1.68 bits per heavy atom. The van der Waals surface area contributed by atoms with E-state index in [-0.39, 0.29) is 11.3 Å². The van der Waals surface area contributed by atoms with Gasteiger partial charge in [0, 0.05) is 17.6 Å². The van der Waals surface area contributed by atoms with Crippen molar-refractivity contribution < 1.29 is 9.59 Å². The number of benzene rings is 2. The monoisotopic (exact) mass is 453 g/mol. The number of anilines is 2. The van der Waals surface area contributed by atoms with E-state index in [0.29, 0.717) is 31.5 Å². The van der Waals surface area contributed by atoms with Gasteiger partial charge in [-0.15, -0.1) is 0 Å². The van der Waals surface area contributed by atoms with E-state index in [2.05, 4.69) is 15.6 Å². The van der Waals surface area contributed by atoms with Crippen LogP contribution in [0.25, 0.3) is 0 Å². The fourth-order valence-corrected chi connectivity index (χ4v) is 2.80. The first kappa shape index (κ1) is 20.4. The highest BCUT2D eigenvalue weighted by Crippen LogP contribution is 2.26. The Labute approximate surface area is 180 Å². The average molecular weight is 455 g/mol. The van der Waals surface area contributed by atoms with Crippen molar-refractivity contribution >= 4 is 69.6 Å². The van der Waals surface area contributed by atoms with Crippen molar-refractivity contribution in [2.24, 2.45) is 0 Å². The smallest absolute Gasteiger partial charge is 0.274 e. The van der Waals surface area contributed by atoms with Gasteiger partial charge in [0.2, 0.25) is 0 Å². The molecule has 0 bridgehead atoms. The van der Waals surface area contributed by atoms with Crippen LogP contribution in [-0.4, -0.2) is 16.8 Å². The number of halogens is 4. The number of nitrogens with one attached hydrogen (secondary N) is 2. The third-order valence-electron chi connectivity index (χ3n) is 3.61. The molecule has 2 amide bonds. The topological polar surface area (TPSA) is 71.1 Å². The molecule has 1 heterocycles. The summed E-state index contributed by atoms with van der Waals surface area (Å²) in [5.41, 5.74) is 1.37. The zero-order chi connectivity index (χ0) is 20.3. The maximum absolute atomic E-state index is 12.3. The molecule has 0 radical (unpaired) electrons. The SMILES string of the molecule is O=C(Nc1ccc(Cl)c(Cl)c1)c1ccc(C(=O)Nc2ccc(Cl)c(Cl)c2)nc1. The molecule has 0 aliphatic heterocycles. The molecule has 1 aromatic heterocycles. The van der Waals surface area contributed by atoms with Crippen molar-refractivity contribution in [1.29, 1.82) is 0 Å². The van der Waals surface area contributed by atoms with Gasteiger partial charge in [-0.3, -0.25) is 14.6 Å². The van der Waals surface area contributed by atoms with E-state index in [4.69, 9.17) is 46.4 Å².